The third kappa shape index (κ3) is 6.90. The molecule has 6 rings (SSSR count). The number of nitrogens with two attached hydrogens (primary N) is 2. The molecule has 19 nitrogen and oxygen atoms in total. The topological polar surface area (TPSA) is 288 Å². The summed E-state index contributed by atoms with van der Waals surface area (Å²) in [7, 11) is -2.50. The summed E-state index contributed by atoms with van der Waals surface area (Å²) < 4.78 is 21.6. The molecule has 24 heteroatoms. The molecule has 4 aromatic rings. The Balaban J connectivity index is 1.27. The second-order valence-corrected chi connectivity index (χ2v) is 23.8. The Labute approximate surface area is 298 Å². The fourth-order valence-corrected chi connectivity index (χ4v) is 11.5. The van der Waals surface area contributed by atoms with Gasteiger partial charge in [-0.2, -0.15) is 9.97 Å². The van der Waals surface area contributed by atoms with Crippen molar-refractivity contribution in [2.24, 2.45) is 0 Å². The van der Waals surface area contributed by atoms with Crippen molar-refractivity contribution in [1.82, 2.24) is 39.0 Å². The average Bonchev–Trinajstić information content (AvgIpc) is 3.76. The molecular formula is C26H39N10O9PS3Si. The van der Waals surface area contributed by atoms with E-state index in [-0.39, 0.29) is 45.9 Å². The minimum atomic E-state index is -4.15. The number of hydrogen-bond acceptors (Lipinski definition) is 17. The van der Waals surface area contributed by atoms with Gasteiger partial charge in [-0.15, -0.1) is 23.5 Å². The first-order valence-corrected chi connectivity index (χ1v) is 22.8. The number of aromatic amines is 2. The van der Waals surface area contributed by atoms with Gasteiger partial charge in [-0.1, -0.05) is 20.8 Å². The monoisotopic (exact) mass is 790 g/mol. The number of nitrogens with one attached hydrogen (secondary N) is 2. The summed E-state index contributed by atoms with van der Waals surface area (Å²) >= 11 is 7.82. The number of aliphatic hydroxyl groups is 3. The molecule has 10 N–H and O–H groups in total. The number of nitrogens with zero attached hydrogens (tertiary/aromatic N) is 6. The Kier molecular flexibility index (Phi) is 10.1. The van der Waals surface area contributed by atoms with Gasteiger partial charge in [-0.25, -0.2) is 9.97 Å². The van der Waals surface area contributed by atoms with Crippen molar-refractivity contribution in [3.05, 3.63) is 33.4 Å². The van der Waals surface area contributed by atoms with Crippen molar-refractivity contribution in [3.8, 4) is 0 Å². The predicted molar refractivity (Wildman–Crippen MR) is 194 cm³/mol. The van der Waals surface area contributed by atoms with Gasteiger partial charge >= 0.3 is 6.72 Å². The quantitative estimate of drug-likeness (QED) is 0.0795. The Morgan fingerprint density at radius 3 is 1.98 bits per heavy atom. The number of nitrogen functional groups attached to an aromatic ring is 2. The van der Waals surface area contributed by atoms with E-state index in [1.54, 1.807) is 4.57 Å². The van der Waals surface area contributed by atoms with Gasteiger partial charge in [0.05, 0.1) is 48.6 Å². The fraction of sp³-hybridized carbons (Fsp3) is 0.615. The first-order valence-electron chi connectivity index (χ1n) is 15.4. The molecule has 0 bridgehead atoms. The van der Waals surface area contributed by atoms with Gasteiger partial charge in [0, 0.05) is 0 Å². The summed E-state index contributed by atoms with van der Waals surface area (Å²) in [6, 6.07) is 0. The van der Waals surface area contributed by atoms with Crippen molar-refractivity contribution in [1.29, 1.82) is 0 Å². The van der Waals surface area contributed by atoms with Gasteiger partial charge in [0.25, 0.3) is 11.1 Å². The van der Waals surface area contributed by atoms with Crippen LogP contribution in [0.1, 0.15) is 31.5 Å². The molecule has 50 heavy (non-hydrogen) atoms. The van der Waals surface area contributed by atoms with E-state index >= 15 is 0 Å². The van der Waals surface area contributed by atoms with Gasteiger partial charge in [-0.05, 0) is 29.9 Å². The van der Waals surface area contributed by atoms with Crippen LogP contribution in [0.25, 0.3) is 22.3 Å². The van der Waals surface area contributed by atoms with Crippen molar-refractivity contribution in [2.75, 3.05) is 24.7 Å². The molecule has 0 aliphatic carbocycles. The third-order valence-corrected chi connectivity index (χ3v) is 18.3. The van der Waals surface area contributed by atoms with Crippen LogP contribution in [-0.4, -0.2) is 116 Å². The number of H-pyrrole nitrogens is 2. The van der Waals surface area contributed by atoms with Crippen molar-refractivity contribution in [3.63, 3.8) is 0 Å². The van der Waals surface area contributed by atoms with E-state index < -0.39 is 78.4 Å². The molecule has 0 amide bonds. The molecule has 4 aromatic heterocycles. The van der Waals surface area contributed by atoms with E-state index in [1.165, 1.54) is 29.0 Å². The highest BCUT2D eigenvalue weighted by Crippen LogP contribution is 2.55. The molecule has 274 valence electrons. The van der Waals surface area contributed by atoms with Crippen LogP contribution in [0.5, 0.6) is 0 Å². The SMILES string of the molecule is CC(C)(C)[Si](C)(C)OC1[C@@H](O)[C@H](n2cnc3c(=O)[nH]c(N)nc32)S[C@@H]1COP(O)(=S)O[C@@H]1[C@H](O)[C@@H](CO)S[C@H]1n1cnc2c(=O)[nH]c(N)nc21. The lowest BCUT2D eigenvalue weighted by molar-refractivity contribution is 0.00600. The third-order valence-electron chi connectivity index (χ3n) is 9.15. The van der Waals surface area contributed by atoms with Gasteiger partial charge in [0.15, 0.2) is 30.6 Å². The van der Waals surface area contributed by atoms with Crippen LogP contribution in [0.15, 0.2) is 22.2 Å². The highest BCUT2D eigenvalue weighted by atomic mass is 32.5. The molecule has 0 spiro atoms. The maximum atomic E-state index is 12.5. The molecule has 2 saturated heterocycles. The zero-order valence-electron chi connectivity index (χ0n) is 27.5. The number of thioether (sulfide) groups is 2. The van der Waals surface area contributed by atoms with Crippen LogP contribution in [0, 0.1) is 0 Å². The molecule has 2 aliphatic heterocycles. The smallest absolute Gasteiger partial charge is 0.325 e. The number of anilines is 2. The molecule has 0 aromatic carbocycles. The Bertz CT molecular complexity index is 2070. The second-order valence-electron chi connectivity index (χ2n) is 13.5. The molecule has 0 radical (unpaired) electrons. The van der Waals surface area contributed by atoms with E-state index in [0.29, 0.717) is 0 Å². The van der Waals surface area contributed by atoms with Gasteiger partial charge in [0.2, 0.25) is 11.9 Å². The van der Waals surface area contributed by atoms with E-state index in [2.05, 4.69) is 50.7 Å². The molecule has 9 atom stereocenters. The van der Waals surface area contributed by atoms with E-state index in [1.807, 2.05) is 13.1 Å². The second kappa shape index (κ2) is 13.5. The molecule has 0 saturated carbocycles. The number of aromatic nitrogens is 8. The van der Waals surface area contributed by atoms with Crippen LogP contribution in [-0.2, 0) is 25.3 Å². The summed E-state index contributed by atoms with van der Waals surface area (Å²) in [5.41, 5.74) is 10.8. The normalized spacial score (nSPS) is 28.9. The van der Waals surface area contributed by atoms with Crippen LogP contribution >= 0.6 is 30.2 Å². The lowest BCUT2D eigenvalue weighted by Crippen LogP contribution is -2.49. The maximum absolute atomic E-state index is 12.5. The summed E-state index contributed by atoms with van der Waals surface area (Å²) in [5.74, 6) is -0.268. The zero-order valence-corrected chi connectivity index (χ0v) is 31.9. The van der Waals surface area contributed by atoms with Crippen LogP contribution < -0.4 is 22.6 Å². The largest absolute Gasteiger partial charge is 0.410 e. The van der Waals surface area contributed by atoms with Gasteiger partial charge < -0.3 is 40.6 Å². The lowest BCUT2D eigenvalue weighted by Gasteiger charge is -2.40. The molecule has 2 fully saturated rings. The minimum Gasteiger partial charge on any atom is -0.410 e. The average molecular weight is 791 g/mol. The molecular weight excluding hydrogens is 752 g/mol. The van der Waals surface area contributed by atoms with Crippen LogP contribution in [0.2, 0.25) is 18.1 Å². The minimum absolute atomic E-state index is 0.00697. The highest BCUT2D eigenvalue weighted by molar-refractivity contribution is 8.07. The van der Waals surface area contributed by atoms with Gasteiger partial charge in [0.1, 0.15) is 23.0 Å². The molecule has 2 aliphatic rings. The number of rotatable bonds is 10. The van der Waals surface area contributed by atoms with E-state index in [4.69, 9.17) is 36.7 Å². The Morgan fingerprint density at radius 2 is 1.46 bits per heavy atom. The highest BCUT2D eigenvalue weighted by Gasteiger charge is 2.52. The van der Waals surface area contributed by atoms with Crippen LogP contribution in [0.3, 0.4) is 0 Å². The first kappa shape index (κ1) is 37.3. The summed E-state index contributed by atoms with van der Waals surface area (Å²) in [6.07, 6.45) is -1.78. The summed E-state index contributed by atoms with van der Waals surface area (Å²) in [5, 5.41) is 29.7. The maximum Gasteiger partial charge on any atom is 0.325 e. The van der Waals surface area contributed by atoms with Crippen LogP contribution in [0.4, 0.5) is 11.9 Å². The van der Waals surface area contributed by atoms with E-state index in [9.17, 15) is 29.8 Å². The first-order chi connectivity index (χ1) is 23.3. The predicted octanol–water partition coefficient (Wildman–Crippen LogP) is 0.368. The molecule has 6 heterocycles. The number of imidazole rings is 2. The van der Waals surface area contributed by atoms with Crippen molar-refractivity contribution < 1.29 is 33.7 Å². The number of aliphatic hydroxyl groups excluding tert-OH is 3. The summed E-state index contributed by atoms with van der Waals surface area (Å²) in [4.78, 5) is 57.8. The zero-order chi connectivity index (χ0) is 36.5. The van der Waals surface area contributed by atoms with Crippen molar-refractivity contribution in [2.45, 2.75) is 84.6 Å². The lowest BCUT2D eigenvalue weighted by atomic mass is 10.1. The van der Waals surface area contributed by atoms with Gasteiger partial charge in [-0.3, -0.25) is 33.2 Å². The Morgan fingerprint density at radius 1 is 0.940 bits per heavy atom. The van der Waals surface area contributed by atoms with E-state index in [0.717, 1.165) is 11.8 Å². The number of fused-ring (bicyclic) bond motifs is 2. The van der Waals surface area contributed by atoms with Crippen molar-refractivity contribution >= 4 is 84.6 Å². The Hall–Kier alpha value is -2.41. The summed E-state index contributed by atoms with van der Waals surface area (Å²) in [6.45, 7) is 5.44. The molecule has 2 unspecified atom stereocenters. The standard InChI is InChI=1S/C26H39N10O9PS3Si/c1-26(2,3)50(4,5)45-16-11(49-22(15(16)39)35-8-29-12-18(35)31-24(27)33-20(12)40)7-43-46(42,47)44-17-14(38)10(6-37)48-23(17)36-9-30-13-19(36)32-25(28)34-21(13)41/h8-11,14-17,22-23,37-39H,6-7H2,1-5H3,(H,42,47)(H3,27,31,33,40)(H3,28,32,34,41)/t10-,11-,14-,15-,16?,17-,22-,23-,46?/m1/s1. The number of hydrogen-bond donors (Lipinski definition) is 8. The fourth-order valence-electron chi connectivity index (χ4n) is 5.56.